The van der Waals surface area contributed by atoms with E-state index in [1.807, 2.05) is 0 Å². The Morgan fingerprint density at radius 3 is 3.00 bits per heavy atom. The Morgan fingerprint density at radius 1 is 1.47 bits per heavy atom. The summed E-state index contributed by atoms with van der Waals surface area (Å²) < 4.78 is 0. The molecule has 0 unspecified atom stereocenters. The molecule has 0 aromatic carbocycles. The van der Waals surface area contributed by atoms with Gasteiger partial charge in [0.1, 0.15) is 0 Å². The predicted molar refractivity (Wildman–Crippen MR) is 61.6 cm³/mol. The third-order valence-electron chi connectivity index (χ3n) is 3.09. The number of carboxylic acids is 1. The molecule has 0 bridgehead atoms. The molecule has 0 saturated heterocycles. The van der Waals surface area contributed by atoms with Crippen molar-refractivity contribution < 1.29 is 15.1 Å². The highest BCUT2D eigenvalue weighted by molar-refractivity contribution is 5.92. The van der Waals surface area contributed by atoms with Crippen LogP contribution in [0.5, 0.6) is 0 Å². The summed E-state index contributed by atoms with van der Waals surface area (Å²) in [5.41, 5.74) is 1.60. The lowest BCUT2D eigenvalue weighted by Gasteiger charge is -2.22. The summed E-state index contributed by atoms with van der Waals surface area (Å²) in [6.07, 6.45) is 5.15. The van der Waals surface area contributed by atoms with Crippen molar-refractivity contribution in [2.75, 3.05) is 0 Å². The Morgan fingerprint density at radius 2 is 2.29 bits per heavy atom. The molecule has 1 heterocycles. The maximum atomic E-state index is 10.9. The molecule has 2 N–H and O–H groups in total. The first-order chi connectivity index (χ1) is 8.22. The van der Waals surface area contributed by atoms with Crippen LogP contribution in [0.4, 0.5) is 0 Å². The molecule has 1 fully saturated rings. The summed E-state index contributed by atoms with van der Waals surface area (Å²) in [6.45, 7) is 0. The van der Waals surface area contributed by atoms with Crippen molar-refractivity contribution in [1.29, 1.82) is 0 Å². The lowest BCUT2D eigenvalue weighted by atomic mass is 9.84. The molecule has 0 aliphatic heterocycles. The van der Waals surface area contributed by atoms with Crippen LogP contribution >= 0.6 is 0 Å². The molecule has 17 heavy (non-hydrogen) atoms. The van der Waals surface area contributed by atoms with E-state index in [9.17, 15) is 4.79 Å². The summed E-state index contributed by atoms with van der Waals surface area (Å²) >= 11 is 0. The average Bonchev–Trinajstić information content (AvgIpc) is 2.39. The fraction of sp³-hybridized carbons (Fsp3) is 0.417. The van der Waals surface area contributed by atoms with Crippen molar-refractivity contribution in [1.82, 2.24) is 4.98 Å². The average molecular weight is 234 g/mol. The van der Waals surface area contributed by atoms with Crippen LogP contribution in [0, 0.1) is 0 Å². The van der Waals surface area contributed by atoms with Crippen LogP contribution < -0.4 is 0 Å². The number of rotatable bonds is 2. The normalized spacial score (nSPS) is 22.6. The summed E-state index contributed by atoms with van der Waals surface area (Å²) in [6, 6.07) is 3.02. The summed E-state index contributed by atoms with van der Waals surface area (Å²) in [5, 5.41) is 21.2. The van der Waals surface area contributed by atoms with E-state index >= 15 is 0 Å². The number of oxime groups is 1. The molecule has 1 aromatic heterocycles. The second kappa shape index (κ2) is 4.95. The van der Waals surface area contributed by atoms with Gasteiger partial charge in [-0.25, -0.2) is 4.79 Å². The standard InChI is InChI=1S/C12H14N2O3/c15-12(16)8-5-6-13-11(7-8)9-3-1-2-4-10(9)14-17/h5-7,9,17H,1-4H2,(H,15,16)/b14-10-/t9-/m0/s1. The first kappa shape index (κ1) is 11.6. The molecule has 0 spiro atoms. The topological polar surface area (TPSA) is 82.8 Å². The summed E-state index contributed by atoms with van der Waals surface area (Å²) in [5.74, 6) is -1.01. The molecule has 0 radical (unpaired) electrons. The highest BCUT2D eigenvalue weighted by Gasteiger charge is 2.24. The van der Waals surface area contributed by atoms with Crippen molar-refractivity contribution in [3.63, 3.8) is 0 Å². The molecule has 1 aliphatic carbocycles. The molecule has 0 amide bonds. The number of pyridine rings is 1. The molecule has 5 heteroatoms. The van der Waals surface area contributed by atoms with Crippen LogP contribution in [0.25, 0.3) is 0 Å². The predicted octanol–water partition coefficient (Wildman–Crippen LogP) is 2.27. The van der Waals surface area contributed by atoms with Gasteiger partial charge in [-0.3, -0.25) is 4.98 Å². The van der Waals surface area contributed by atoms with Gasteiger partial charge in [0.25, 0.3) is 0 Å². The van der Waals surface area contributed by atoms with E-state index in [4.69, 9.17) is 10.3 Å². The SMILES string of the molecule is O=C(O)c1ccnc([C@H]2CCCC/C2=N/O)c1. The Hall–Kier alpha value is -1.91. The Kier molecular flexibility index (Phi) is 3.37. The monoisotopic (exact) mass is 234 g/mol. The number of aromatic carboxylic acids is 1. The Balaban J connectivity index is 2.32. The molecule has 1 saturated carbocycles. The fourth-order valence-corrected chi connectivity index (χ4v) is 2.21. The molecule has 1 aromatic rings. The zero-order valence-electron chi connectivity index (χ0n) is 9.33. The van der Waals surface area contributed by atoms with Gasteiger partial charge in [-0.2, -0.15) is 0 Å². The van der Waals surface area contributed by atoms with Gasteiger partial charge in [0, 0.05) is 12.1 Å². The third-order valence-corrected chi connectivity index (χ3v) is 3.09. The summed E-state index contributed by atoms with van der Waals surface area (Å²) in [4.78, 5) is 15.1. The molecule has 90 valence electrons. The first-order valence-corrected chi connectivity index (χ1v) is 5.62. The van der Waals surface area contributed by atoms with Crippen LogP contribution in [-0.2, 0) is 0 Å². The van der Waals surface area contributed by atoms with Gasteiger partial charge in [-0.15, -0.1) is 0 Å². The smallest absolute Gasteiger partial charge is 0.335 e. The van der Waals surface area contributed by atoms with E-state index in [2.05, 4.69) is 10.1 Å². The number of aromatic nitrogens is 1. The highest BCUT2D eigenvalue weighted by Crippen LogP contribution is 2.29. The van der Waals surface area contributed by atoms with E-state index in [0.717, 1.165) is 25.7 Å². The van der Waals surface area contributed by atoms with Crippen molar-refractivity contribution in [2.45, 2.75) is 31.6 Å². The van der Waals surface area contributed by atoms with Crippen LogP contribution in [0.15, 0.2) is 23.5 Å². The van der Waals surface area contributed by atoms with Gasteiger partial charge < -0.3 is 10.3 Å². The minimum atomic E-state index is -0.966. The van der Waals surface area contributed by atoms with Gasteiger partial charge in [0.05, 0.1) is 17.0 Å². The highest BCUT2D eigenvalue weighted by atomic mass is 16.4. The Labute approximate surface area is 98.8 Å². The second-order valence-corrected chi connectivity index (χ2v) is 4.16. The lowest BCUT2D eigenvalue weighted by molar-refractivity contribution is 0.0696. The van der Waals surface area contributed by atoms with Gasteiger partial charge in [-0.1, -0.05) is 11.6 Å². The second-order valence-electron chi connectivity index (χ2n) is 4.16. The lowest BCUT2D eigenvalue weighted by Crippen LogP contribution is -2.19. The Bertz CT molecular complexity index is 457. The van der Waals surface area contributed by atoms with Gasteiger partial charge in [0.15, 0.2) is 0 Å². The van der Waals surface area contributed by atoms with E-state index in [1.165, 1.54) is 12.3 Å². The van der Waals surface area contributed by atoms with Crippen molar-refractivity contribution in [3.05, 3.63) is 29.6 Å². The van der Waals surface area contributed by atoms with E-state index in [-0.39, 0.29) is 11.5 Å². The van der Waals surface area contributed by atoms with Crippen molar-refractivity contribution >= 4 is 11.7 Å². The quantitative estimate of drug-likeness (QED) is 0.607. The van der Waals surface area contributed by atoms with Crippen LogP contribution in [-0.4, -0.2) is 27.0 Å². The van der Waals surface area contributed by atoms with Gasteiger partial charge in [0.2, 0.25) is 0 Å². The molecule has 5 nitrogen and oxygen atoms in total. The van der Waals surface area contributed by atoms with Crippen LogP contribution in [0.1, 0.15) is 47.7 Å². The van der Waals surface area contributed by atoms with Crippen molar-refractivity contribution in [2.24, 2.45) is 5.16 Å². The molecular formula is C12H14N2O3. The molecular weight excluding hydrogens is 220 g/mol. The largest absolute Gasteiger partial charge is 0.478 e. The molecule has 2 rings (SSSR count). The van der Waals surface area contributed by atoms with E-state index < -0.39 is 5.97 Å². The zero-order valence-corrected chi connectivity index (χ0v) is 9.33. The van der Waals surface area contributed by atoms with Crippen LogP contribution in [0.3, 0.4) is 0 Å². The van der Waals surface area contributed by atoms with Crippen molar-refractivity contribution in [3.8, 4) is 0 Å². The number of carboxylic acid groups (broad SMARTS) is 1. The third kappa shape index (κ3) is 2.43. The first-order valence-electron chi connectivity index (χ1n) is 5.62. The fourth-order valence-electron chi connectivity index (χ4n) is 2.21. The van der Waals surface area contributed by atoms with Crippen LogP contribution in [0.2, 0.25) is 0 Å². The molecule has 1 aliphatic rings. The van der Waals surface area contributed by atoms with Gasteiger partial charge >= 0.3 is 5.97 Å². The minimum absolute atomic E-state index is 0.0481. The number of hydrogen-bond donors (Lipinski definition) is 2. The number of hydrogen-bond acceptors (Lipinski definition) is 4. The number of carbonyl (C=O) groups is 1. The minimum Gasteiger partial charge on any atom is -0.478 e. The zero-order chi connectivity index (χ0) is 12.3. The number of nitrogens with zero attached hydrogens (tertiary/aromatic N) is 2. The van der Waals surface area contributed by atoms with E-state index in [0.29, 0.717) is 11.4 Å². The summed E-state index contributed by atoms with van der Waals surface area (Å²) in [7, 11) is 0. The maximum absolute atomic E-state index is 10.9. The maximum Gasteiger partial charge on any atom is 0.335 e. The molecule has 1 atom stereocenters. The van der Waals surface area contributed by atoms with E-state index in [1.54, 1.807) is 6.07 Å². The van der Waals surface area contributed by atoms with Gasteiger partial charge in [-0.05, 0) is 31.4 Å².